The number of rotatable bonds is 7. The highest BCUT2D eigenvalue weighted by molar-refractivity contribution is 6.04. The van der Waals surface area contributed by atoms with Gasteiger partial charge in [0.1, 0.15) is 11.4 Å². The Bertz CT molecular complexity index is 1570. The summed E-state index contributed by atoms with van der Waals surface area (Å²) in [5, 5.41) is 13.0. The minimum Gasteiger partial charge on any atom is -0.452 e. The molecule has 0 spiro atoms. The van der Waals surface area contributed by atoms with Crippen molar-refractivity contribution in [2.24, 2.45) is 0 Å². The van der Waals surface area contributed by atoms with Gasteiger partial charge in [0.15, 0.2) is 17.3 Å². The number of carbonyl (C=O) groups excluding carboxylic acids is 1. The molecule has 3 heterocycles. The number of nitrogens with zero attached hydrogens (tertiary/aromatic N) is 2. The van der Waals surface area contributed by atoms with E-state index < -0.39 is 23.1 Å². The summed E-state index contributed by atoms with van der Waals surface area (Å²) in [6, 6.07) is 12.1. The number of halogens is 2. The number of carbonyl (C=O) groups is 1. The van der Waals surface area contributed by atoms with E-state index in [1.165, 1.54) is 65.4 Å². The lowest BCUT2D eigenvalue weighted by molar-refractivity contribution is 0.102. The number of anilines is 1. The van der Waals surface area contributed by atoms with Crippen molar-refractivity contribution in [3.05, 3.63) is 124 Å². The molecule has 2 aliphatic heterocycles. The molecule has 0 unspecified atom stereocenters. The summed E-state index contributed by atoms with van der Waals surface area (Å²) in [5.41, 5.74) is 1.17. The van der Waals surface area contributed by atoms with Gasteiger partial charge >= 0.3 is 0 Å². The molecule has 8 nitrogen and oxygen atoms in total. The van der Waals surface area contributed by atoms with E-state index in [1.54, 1.807) is 6.08 Å². The fourth-order valence-electron chi connectivity index (χ4n) is 4.38. The van der Waals surface area contributed by atoms with Crippen LogP contribution in [0.3, 0.4) is 0 Å². The van der Waals surface area contributed by atoms with Crippen LogP contribution in [0.1, 0.15) is 23.2 Å². The van der Waals surface area contributed by atoms with Gasteiger partial charge in [0, 0.05) is 55.2 Å². The third-order valence-electron chi connectivity index (χ3n) is 6.35. The number of aromatic nitrogens is 1. The third kappa shape index (κ3) is 5.64. The van der Waals surface area contributed by atoms with E-state index in [2.05, 4.69) is 15.5 Å². The summed E-state index contributed by atoms with van der Waals surface area (Å²) in [7, 11) is 0. The van der Waals surface area contributed by atoms with Gasteiger partial charge < -0.3 is 25.7 Å². The maximum atomic E-state index is 15.1. The molecule has 0 radical (unpaired) electrons. The number of pyridine rings is 1. The van der Waals surface area contributed by atoms with Gasteiger partial charge in [-0.15, -0.1) is 0 Å². The van der Waals surface area contributed by atoms with E-state index in [4.69, 9.17) is 10.1 Å². The topological polar surface area (TPSA) is 99.5 Å². The Balaban J connectivity index is 1.34. The molecule has 1 aromatic heterocycles. The molecule has 2 aromatic carbocycles. The van der Waals surface area contributed by atoms with Crippen molar-refractivity contribution >= 4 is 17.8 Å². The number of hydrogen-bond acceptors (Lipinski definition) is 6. The first kappa shape index (κ1) is 25.7. The van der Waals surface area contributed by atoms with E-state index in [9.17, 15) is 14.0 Å². The largest absolute Gasteiger partial charge is 0.452 e. The number of ether oxygens (including phenoxy) is 1. The summed E-state index contributed by atoms with van der Waals surface area (Å²) < 4.78 is 35.4. The quantitative estimate of drug-likeness (QED) is 0.385. The van der Waals surface area contributed by atoms with Gasteiger partial charge in [-0.2, -0.15) is 0 Å². The molecular formula is C29H25F2N5O3. The maximum absolute atomic E-state index is 15.1. The van der Waals surface area contributed by atoms with Crippen molar-refractivity contribution in [1.82, 2.24) is 14.8 Å². The van der Waals surface area contributed by atoms with Crippen LogP contribution in [-0.2, 0) is 0 Å². The first-order valence-electron chi connectivity index (χ1n) is 12.3. The maximum Gasteiger partial charge on any atom is 0.267 e. The Morgan fingerprint density at radius 2 is 1.85 bits per heavy atom. The van der Waals surface area contributed by atoms with Gasteiger partial charge in [-0.3, -0.25) is 14.2 Å². The fraction of sp³-hybridized carbons (Fsp3) is 0.138. The van der Waals surface area contributed by atoms with Crippen molar-refractivity contribution < 1.29 is 18.3 Å². The van der Waals surface area contributed by atoms with Gasteiger partial charge in [-0.05, 0) is 67.4 Å². The number of dihydropyridines is 1. The monoisotopic (exact) mass is 529 g/mol. The smallest absolute Gasteiger partial charge is 0.267 e. The predicted molar refractivity (Wildman–Crippen MR) is 144 cm³/mol. The summed E-state index contributed by atoms with van der Waals surface area (Å²) in [6.07, 6.45) is 9.90. The Morgan fingerprint density at radius 1 is 1.08 bits per heavy atom. The zero-order chi connectivity index (χ0) is 27.4. The lowest BCUT2D eigenvalue weighted by Gasteiger charge is -2.25. The summed E-state index contributed by atoms with van der Waals surface area (Å²) in [4.78, 5) is 28.0. The second kappa shape index (κ2) is 11.2. The first-order valence-corrected chi connectivity index (χ1v) is 12.3. The molecule has 2 aliphatic rings. The van der Waals surface area contributed by atoms with Gasteiger partial charge in [-0.1, -0.05) is 0 Å². The molecule has 0 bridgehead atoms. The van der Waals surface area contributed by atoms with E-state index >= 15 is 4.39 Å². The standard InChI is InChI=1S/C29H25F2N5O3/c30-19-5-8-21(9-6-19)36-15-3-4-23(29(36)38)28(37)34-20-7-10-26(24(31)16-20)39-27-17-22(35-13-1-2-14-35)18-33-25(27)11-12-32/h3-12,15-18,32-33H,1-2,13-14H2,(H,34,37)/b25-11-,32-12?. The van der Waals surface area contributed by atoms with Crippen LogP contribution < -0.4 is 20.9 Å². The Morgan fingerprint density at radius 3 is 2.56 bits per heavy atom. The van der Waals surface area contributed by atoms with Crippen LogP contribution in [0.5, 0.6) is 5.75 Å². The number of nitrogens with one attached hydrogen (secondary N) is 3. The fourth-order valence-corrected chi connectivity index (χ4v) is 4.38. The number of benzene rings is 2. The van der Waals surface area contributed by atoms with Crippen molar-refractivity contribution in [1.29, 1.82) is 5.41 Å². The predicted octanol–water partition coefficient (Wildman–Crippen LogP) is 4.70. The van der Waals surface area contributed by atoms with Crippen molar-refractivity contribution in [3.63, 3.8) is 0 Å². The Hall–Kier alpha value is -4.99. The molecule has 5 rings (SSSR count). The number of hydrogen-bond donors (Lipinski definition) is 3. The summed E-state index contributed by atoms with van der Waals surface area (Å²) >= 11 is 0. The van der Waals surface area contributed by atoms with E-state index in [0.29, 0.717) is 17.1 Å². The second-order valence-corrected chi connectivity index (χ2v) is 8.94. The van der Waals surface area contributed by atoms with Gasteiger partial charge in [-0.25, -0.2) is 8.78 Å². The van der Waals surface area contributed by atoms with Crippen molar-refractivity contribution in [2.45, 2.75) is 12.8 Å². The van der Waals surface area contributed by atoms with Crippen LogP contribution in [0.4, 0.5) is 14.5 Å². The van der Waals surface area contributed by atoms with Crippen LogP contribution in [0, 0.1) is 17.0 Å². The molecule has 39 heavy (non-hydrogen) atoms. The zero-order valence-corrected chi connectivity index (χ0v) is 20.8. The molecule has 10 heteroatoms. The molecule has 0 saturated carbocycles. The SMILES string of the molecule is N=C/C=C1\NC=C(N2CCCC2)C=C1Oc1ccc(NC(=O)c2cccn(-c3ccc(F)cc3)c2=O)cc1F. The minimum atomic E-state index is -0.725. The summed E-state index contributed by atoms with van der Waals surface area (Å²) in [6.45, 7) is 1.83. The average Bonchev–Trinajstić information content (AvgIpc) is 3.47. The van der Waals surface area contributed by atoms with Crippen LogP contribution in [-0.4, -0.2) is 34.7 Å². The van der Waals surface area contributed by atoms with Gasteiger partial charge in [0.05, 0.1) is 11.4 Å². The normalized spacial score (nSPS) is 15.8. The van der Waals surface area contributed by atoms with E-state index in [1.807, 2.05) is 6.20 Å². The molecule has 3 N–H and O–H groups in total. The molecule has 0 atom stereocenters. The number of likely N-dealkylation sites (tertiary alicyclic amines) is 1. The number of allylic oxidation sites excluding steroid dienone is 2. The number of amides is 1. The van der Waals surface area contributed by atoms with Crippen molar-refractivity contribution in [2.75, 3.05) is 18.4 Å². The molecule has 1 saturated heterocycles. The molecular weight excluding hydrogens is 504 g/mol. The lowest BCUT2D eigenvalue weighted by atomic mass is 10.2. The van der Waals surface area contributed by atoms with Crippen molar-refractivity contribution in [3.8, 4) is 11.4 Å². The van der Waals surface area contributed by atoms with Gasteiger partial charge in [0.25, 0.3) is 11.5 Å². The van der Waals surface area contributed by atoms with Gasteiger partial charge in [0.2, 0.25) is 0 Å². The highest BCUT2D eigenvalue weighted by Gasteiger charge is 2.21. The minimum absolute atomic E-state index is 0.0713. The molecule has 1 fully saturated rings. The van der Waals surface area contributed by atoms with E-state index in [-0.39, 0.29) is 17.0 Å². The highest BCUT2D eigenvalue weighted by Crippen LogP contribution is 2.28. The Labute approximate surface area is 223 Å². The molecule has 3 aromatic rings. The first-order chi connectivity index (χ1) is 18.9. The van der Waals surface area contributed by atoms with Crippen LogP contribution in [0.15, 0.2) is 101 Å². The second-order valence-electron chi connectivity index (χ2n) is 8.94. The third-order valence-corrected chi connectivity index (χ3v) is 6.35. The lowest BCUT2D eigenvalue weighted by Crippen LogP contribution is -2.27. The van der Waals surface area contributed by atoms with Crippen LogP contribution >= 0.6 is 0 Å². The Kier molecular flexibility index (Phi) is 7.35. The average molecular weight is 530 g/mol. The molecule has 1 amide bonds. The van der Waals surface area contributed by atoms with E-state index in [0.717, 1.165) is 43.9 Å². The van der Waals surface area contributed by atoms with Crippen LogP contribution in [0.2, 0.25) is 0 Å². The summed E-state index contributed by atoms with van der Waals surface area (Å²) in [5.74, 6) is -1.61. The zero-order valence-electron chi connectivity index (χ0n) is 20.8. The highest BCUT2D eigenvalue weighted by atomic mass is 19.1. The molecule has 0 aliphatic carbocycles. The van der Waals surface area contributed by atoms with Crippen LogP contribution in [0.25, 0.3) is 5.69 Å². The molecule has 198 valence electrons.